The average molecular weight is 302 g/mol. The van der Waals surface area contributed by atoms with Crippen LogP contribution in [-0.2, 0) is 4.79 Å². The highest BCUT2D eigenvalue weighted by Crippen LogP contribution is 2.84. The maximum Gasteiger partial charge on any atom is 0.303 e. The van der Waals surface area contributed by atoms with E-state index >= 15 is 0 Å². The van der Waals surface area contributed by atoms with E-state index in [1.54, 1.807) is 19.3 Å². The second kappa shape index (κ2) is 4.98. The van der Waals surface area contributed by atoms with Gasteiger partial charge in [-0.25, -0.2) is 0 Å². The Morgan fingerprint density at radius 3 is 2.14 bits per heavy atom. The highest BCUT2D eigenvalue weighted by atomic mass is 16.4. The molecule has 0 heterocycles. The van der Waals surface area contributed by atoms with Gasteiger partial charge in [-0.2, -0.15) is 0 Å². The molecule has 0 spiro atoms. The zero-order chi connectivity index (χ0) is 14.8. The zero-order valence-corrected chi connectivity index (χ0v) is 13.6. The van der Waals surface area contributed by atoms with Gasteiger partial charge >= 0.3 is 5.97 Å². The molecule has 5 aliphatic rings. The van der Waals surface area contributed by atoms with Gasteiger partial charge in [-0.05, 0) is 78.9 Å². The maximum absolute atomic E-state index is 10.5. The summed E-state index contributed by atoms with van der Waals surface area (Å²) in [6.07, 6.45) is 12.5. The second-order valence-corrected chi connectivity index (χ2v) is 9.15. The molecule has 5 aliphatic carbocycles. The number of carboxylic acids is 1. The lowest BCUT2D eigenvalue weighted by Gasteiger charge is -2.85. The van der Waals surface area contributed by atoms with Crippen LogP contribution in [0.15, 0.2) is 0 Å². The Balaban J connectivity index is 0.995. The lowest BCUT2D eigenvalue weighted by atomic mass is 9.20. The van der Waals surface area contributed by atoms with Crippen molar-refractivity contribution in [3.05, 3.63) is 0 Å². The highest BCUT2D eigenvalue weighted by molar-refractivity contribution is 5.66. The molecule has 0 radical (unpaired) electrons. The average Bonchev–Trinajstić information content (AvgIpc) is 2.44. The van der Waals surface area contributed by atoms with E-state index in [1.807, 2.05) is 0 Å². The molecule has 2 heteroatoms. The molecule has 9 unspecified atom stereocenters. The fourth-order valence-electron chi connectivity index (χ4n) is 7.68. The first-order chi connectivity index (χ1) is 10.8. The van der Waals surface area contributed by atoms with Gasteiger partial charge in [0.25, 0.3) is 0 Å². The summed E-state index contributed by atoms with van der Waals surface area (Å²) >= 11 is 0. The van der Waals surface area contributed by atoms with Gasteiger partial charge in [0.1, 0.15) is 0 Å². The molecule has 0 bridgehead atoms. The number of aliphatic carboxylic acids is 1. The first-order valence-electron chi connectivity index (χ1n) is 9.99. The van der Waals surface area contributed by atoms with Crippen LogP contribution in [0.2, 0.25) is 0 Å². The lowest BCUT2D eigenvalue weighted by molar-refractivity contribution is -0.375. The van der Waals surface area contributed by atoms with E-state index in [9.17, 15) is 4.79 Å². The van der Waals surface area contributed by atoms with Crippen molar-refractivity contribution in [2.24, 2.45) is 53.3 Å². The van der Waals surface area contributed by atoms with Crippen LogP contribution in [0.1, 0.15) is 64.2 Å². The first-order valence-corrected chi connectivity index (χ1v) is 9.99. The number of carbonyl (C=O) groups is 1. The van der Waals surface area contributed by atoms with Crippen LogP contribution in [-0.4, -0.2) is 11.1 Å². The third-order valence-electron chi connectivity index (χ3n) is 8.67. The van der Waals surface area contributed by atoms with E-state index < -0.39 is 5.97 Å². The van der Waals surface area contributed by atoms with Crippen LogP contribution >= 0.6 is 0 Å². The van der Waals surface area contributed by atoms with Crippen molar-refractivity contribution in [1.82, 2.24) is 0 Å². The molecule has 0 aromatic heterocycles. The molecule has 2 nitrogen and oxygen atoms in total. The van der Waals surface area contributed by atoms with E-state index in [1.165, 1.54) is 73.0 Å². The predicted octanol–water partition coefficient (Wildman–Crippen LogP) is 4.59. The number of hydrogen-bond acceptors (Lipinski definition) is 1. The fourth-order valence-corrected chi connectivity index (χ4v) is 7.68. The van der Waals surface area contributed by atoms with Crippen LogP contribution in [0.3, 0.4) is 0 Å². The van der Waals surface area contributed by atoms with E-state index in [0.717, 1.165) is 18.8 Å². The molecule has 0 amide bonds. The summed E-state index contributed by atoms with van der Waals surface area (Å²) in [5.41, 5.74) is 0. The van der Waals surface area contributed by atoms with Crippen LogP contribution in [0.25, 0.3) is 0 Å². The van der Waals surface area contributed by atoms with Gasteiger partial charge in [-0.1, -0.05) is 32.1 Å². The molecule has 122 valence electrons. The molecule has 5 saturated carbocycles. The molecule has 0 aromatic carbocycles. The number of hydrogen-bond donors (Lipinski definition) is 1. The normalized spacial score (nSPS) is 52.3. The van der Waals surface area contributed by atoms with Gasteiger partial charge in [0.15, 0.2) is 0 Å². The highest BCUT2D eigenvalue weighted by Gasteiger charge is 2.79. The number of unbranched alkanes of at least 4 members (excludes halogenated alkanes) is 4. The van der Waals surface area contributed by atoms with E-state index in [2.05, 4.69) is 0 Å². The monoisotopic (exact) mass is 302 g/mol. The summed E-state index contributed by atoms with van der Waals surface area (Å²) in [6, 6.07) is 0. The quantitative estimate of drug-likeness (QED) is 0.526. The lowest BCUT2D eigenvalue weighted by Crippen LogP contribution is -2.80. The zero-order valence-electron chi connectivity index (χ0n) is 13.6. The predicted molar refractivity (Wildman–Crippen MR) is 85.2 cm³/mol. The van der Waals surface area contributed by atoms with Crippen molar-refractivity contribution in [3.63, 3.8) is 0 Å². The van der Waals surface area contributed by atoms with Crippen LogP contribution < -0.4 is 0 Å². The van der Waals surface area contributed by atoms with Gasteiger partial charge in [0.2, 0.25) is 0 Å². The van der Waals surface area contributed by atoms with Gasteiger partial charge in [0, 0.05) is 6.42 Å². The Kier molecular flexibility index (Phi) is 3.14. The van der Waals surface area contributed by atoms with E-state index in [0.29, 0.717) is 6.42 Å². The van der Waals surface area contributed by atoms with Gasteiger partial charge < -0.3 is 5.11 Å². The van der Waals surface area contributed by atoms with Crippen molar-refractivity contribution in [2.75, 3.05) is 0 Å². The number of rotatable bonds is 8. The minimum absolute atomic E-state index is 0.361. The summed E-state index contributed by atoms with van der Waals surface area (Å²) in [5.74, 6) is 10.0. The molecule has 5 fully saturated rings. The first kappa shape index (κ1) is 13.9. The second-order valence-electron chi connectivity index (χ2n) is 9.15. The Morgan fingerprint density at radius 2 is 1.41 bits per heavy atom. The number of carboxylic acid groups (broad SMARTS) is 1. The minimum Gasteiger partial charge on any atom is -0.481 e. The Hall–Kier alpha value is -0.530. The summed E-state index contributed by atoms with van der Waals surface area (Å²) in [6.45, 7) is 0. The van der Waals surface area contributed by atoms with Crippen LogP contribution in [0.4, 0.5) is 0 Å². The fraction of sp³-hybridized carbons (Fsp3) is 0.950. The molecule has 9 atom stereocenters. The van der Waals surface area contributed by atoms with Crippen molar-refractivity contribution >= 4 is 5.97 Å². The smallest absolute Gasteiger partial charge is 0.303 e. The minimum atomic E-state index is -0.636. The molecular weight excluding hydrogens is 272 g/mol. The Morgan fingerprint density at radius 1 is 0.773 bits per heavy atom. The third kappa shape index (κ3) is 1.70. The molecular formula is C20H30O2. The molecule has 5 rings (SSSR count). The van der Waals surface area contributed by atoms with Crippen molar-refractivity contribution in [2.45, 2.75) is 64.2 Å². The Bertz CT molecular complexity index is 466. The summed E-state index contributed by atoms with van der Waals surface area (Å²) < 4.78 is 0. The van der Waals surface area contributed by atoms with E-state index in [-0.39, 0.29) is 0 Å². The standard InChI is InChI=1S/C20H30O2/c21-15(22)7-5-3-1-2-4-6-11-10-14-16(11)20-18-13-9-8-12(13)17(18)19(14)20/h11-14,16-20H,1-10H2,(H,21,22). The largest absolute Gasteiger partial charge is 0.481 e. The topological polar surface area (TPSA) is 37.3 Å². The van der Waals surface area contributed by atoms with Gasteiger partial charge in [-0.3, -0.25) is 4.79 Å². The number of fused-ring (bicyclic) bond motifs is 10. The van der Waals surface area contributed by atoms with Gasteiger partial charge in [-0.15, -0.1) is 0 Å². The summed E-state index contributed by atoms with van der Waals surface area (Å²) in [5, 5.41) is 8.62. The molecule has 0 aliphatic heterocycles. The molecule has 22 heavy (non-hydrogen) atoms. The summed E-state index contributed by atoms with van der Waals surface area (Å²) in [4.78, 5) is 10.5. The Labute approximate surface area is 134 Å². The maximum atomic E-state index is 10.5. The van der Waals surface area contributed by atoms with Crippen LogP contribution in [0.5, 0.6) is 0 Å². The molecule has 0 saturated heterocycles. The van der Waals surface area contributed by atoms with Crippen LogP contribution in [0, 0.1) is 53.3 Å². The van der Waals surface area contributed by atoms with Crippen molar-refractivity contribution < 1.29 is 9.90 Å². The molecule has 1 N–H and O–H groups in total. The summed E-state index contributed by atoms with van der Waals surface area (Å²) in [7, 11) is 0. The van der Waals surface area contributed by atoms with E-state index in [4.69, 9.17) is 5.11 Å². The van der Waals surface area contributed by atoms with Crippen molar-refractivity contribution in [3.8, 4) is 0 Å². The molecule has 0 aromatic rings. The SMILES string of the molecule is O=C(O)CCCCCCCC1CC2C1C1C3C4CCC4C3C21. The van der Waals surface area contributed by atoms with Gasteiger partial charge in [0.05, 0.1) is 0 Å². The van der Waals surface area contributed by atoms with Crippen molar-refractivity contribution in [1.29, 1.82) is 0 Å². The third-order valence-corrected chi connectivity index (χ3v) is 8.67.